The Kier molecular flexibility index (Phi) is 4.53. The highest BCUT2D eigenvalue weighted by atomic mass is 32.2. The van der Waals surface area contributed by atoms with Gasteiger partial charge in [0.25, 0.3) is 0 Å². The van der Waals surface area contributed by atoms with Crippen LogP contribution in [0.25, 0.3) is 0 Å². The lowest BCUT2D eigenvalue weighted by Gasteiger charge is -2.08. The van der Waals surface area contributed by atoms with Crippen LogP contribution >= 0.6 is 0 Å². The van der Waals surface area contributed by atoms with Crippen LogP contribution in [0.15, 0.2) is 41.4 Å². The number of nitrogens with one attached hydrogen (secondary N) is 1. The molecule has 0 bridgehead atoms. The van der Waals surface area contributed by atoms with Crippen LogP contribution in [0.1, 0.15) is 11.3 Å². The lowest BCUT2D eigenvalue weighted by atomic mass is 10.2. The van der Waals surface area contributed by atoms with Crippen LogP contribution in [0.3, 0.4) is 0 Å². The van der Waals surface area contributed by atoms with Gasteiger partial charge in [0, 0.05) is 38.4 Å². The SMILES string of the molecule is Cn1nccc1CCNS(=O)(=O)c1cccc(CN)c1. The van der Waals surface area contributed by atoms with Crippen molar-refractivity contribution in [3.63, 3.8) is 0 Å². The second-order valence-corrected chi connectivity index (χ2v) is 6.21. The van der Waals surface area contributed by atoms with Gasteiger partial charge in [0.05, 0.1) is 4.90 Å². The van der Waals surface area contributed by atoms with Crippen LogP contribution in [-0.2, 0) is 30.0 Å². The van der Waals surface area contributed by atoms with Gasteiger partial charge in [-0.1, -0.05) is 12.1 Å². The maximum Gasteiger partial charge on any atom is 0.240 e. The van der Waals surface area contributed by atoms with Crippen molar-refractivity contribution in [2.45, 2.75) is 17.9 Å². The molecule has 1 heterocycles. The quantitative estimate of drug-likeness (QED) is 0.807. The van der Waals surface area contributed by atoms with Crippen molar-refractivity contribution < 1.29 is 8.42 Å². The molecule has 0 aliphatic carbocycles. The Hall–Kier alpha value is -1.70. The Morgan fingerprint density at radius 3 is 2.80 bits per heavy atom. The summed E-state index contributed by atoms with van der Waals surface area (Å²) < 4.78 is 28.6. The van der Waals surface area contributed by atoms with E-state index in [2.05, 4.69) is 9.82 Å². The lowest BCUT2D eigenvalue weighted by molar-refractivity contribution is 0.579. The second-order valence-electron chi connectivity index (χ2n) is 4.45. The van der Waals surface area contributed by atoms with Gasteiger partial charge in [0.1, 0.15) is 0 Å². The van der Waals surface area contributed by atoms with Crippen molar-refractivity contribution in [2.24, 2.45) is 12.8 Å². The number of aromatic nitrogens is 2. The van der Waals surface area contributed by atoms with Crippen molar-refractivity contribution in [1.82, 2.24) is 14.5 Å². The van der Waals surface area contributed by atoms with E-state index < -0.39 is 10.0 Å². The predicted molar refractivity (Wildman–Crippen MR) is 76.4 cm³/mol. The average molecular weight is 294 g/mol. The molecule has 20 heavy (non-hydrogen) atoms. The minimum atomic E-state index is -3.49. The first kappa shape index (κ1) is 14.7. The van der Waals surface area contributed by atoms with Crippen molar-refractivity contribution in [3.8, 4) is 0 Å². The standard InChI is InChI=1S/C13H18N4O2S/c1-17-12(5-7-15-17)6-8-16-20(18,19)13-4-2-3-11(9-13)10-14/h2-5,7,9,16H,6,8,10,14H2,1H3. The first-order valence-electron chi connectivity index (χ1n) is 6.28. The van der Waals surface area contributed by atoms with Crippen LogP contribution in [0, 0.1) is 0 Å². The molecule has 7 heteroatoms. The summed E-state index contributed by atoms with van der Waals surface area (Å²) in [6.45, 7) is 0.646. The van der Waals surface area contributed by atoms with Gasteiger partial charge in [0.2, 0.25) is 10.0 Å². The van der Waals surface area contributed by atoms with E-state index in [9.17, 15) is 8.42 Å². The number of hydrogen-bond acceptors (Lipinski definition) is 4. The average Bonchev–Trinajstić information content (AvgIpc) is 2.84. The zero-order chi connectivity index (χ0) is 14.6. The Morgan fingerprint density at radius 1 is 1.35 bits per heavy atom. The molecule has 2 rings (SSSR count). The van der Waals surface area contributed by atoms with Crippen molar-refractivity contribution in [1.29, 1.82) is 0 Å². The van der Waals surface area contributed by atoms with Gasteiger partial charge in [-0.15, -0.1) is 0 Å². The van der Waals surface area contributed by atoms with Gasteiger partial charge in [0.15, 0.2) is 0 Å². The molecule has 0 atom stereocenters. The summed E-state index contributed by atoms with van der Waals surface area (Å²) in [5, 5.41) is 4.04. The summed E-state index contributed by atoms with van der Waals surface area (Å²) in [6.07, 6.45) is 2.28. The van der Waals surface area contributed by atoms with Gasteiger partial charge < -0.3 is 5.73 Å². The lowest BCUT2D eigenvalue weighted by Crippen LogP contribution is -2.26. The molecule has 6 nitrogen and oxygen atoms in total. The van der Waals surface area contributed by atoms with Gasteiger partial charge in [-0.25, -0.2) is 13.1 Å². The van der Waals surface area contributed by atoms with Crippen LogP contribution in [0.2, 0.25) is 0 Å². The van der Waals surface area contributed by atoms with Crippen molar-refractivity contribution >= 4 is 10.0 Å². The fraction of sp³-hybridized carbons (Fsp3) is 0.308. The molecule has 1 aromatic heterocycles. The number of benzene rings is 1. The molecule has 0 amide bonds. The molecule has 0 aliphatic rings. The molecule has 0 radical (unpaired) electrons. The van der Waals surface area contributed by atoms with E-state index in [1.54, 1.807) is 35.1 Å². The third kappa shape index (κ3) is 3.44. The second kappa shape index (κ2) is 6.17. The number of nitrogens with zero attached hydrogens (tertiary/aromatic N) is 2. The van der Waals surface area contributed by atoms with E-state index in [4.69, 9.17) is 5.73 Å². The van der Waals surface area contributed by atoms with Gasteiger partial charge in [-0.2, -0.15) is 5.10 Å². The molecule has 0 aliphatic heterocycles. The minimum absolute atomic E-state index is 0.241. The Morgan fingerprint density at radius 2 is 2.15 bits per heavy atom. The minimum Gasteiger partial charge on any atom is -0.326 e. The van der Waals surface area contributed by atoms with Crippen LogP contribution < -0.4 is 10.5 Å². The first-order valence-corrected chi connectivity index (χ1v) is 7.77. The number of hydrogen-bond donors (Lipinski definition) is 2. The first-order chi connectivity index (χ1) is 9.53. The Labute approximate surface area is 118 Å². The van der Waals surface area contributed by atoms with Crippen LogP contribution in [0.4, 0.5) is 0 Å². The van der Waals surface area contributed by atoms with Crippen LogP contribution in [0.5, 0.6) is 0 Å². The third-order valence-corrected chi connectivity index (χ3v) is 4.50. The van der Waals surface area contributed by atoms with Gasteiger partial charge in [-0.05, 0) is 23.8 Å². The number of sulfonamides is 1. The Bertz CT molecular complexity index is 679. The maximum absolute atomic E-state index is 12.1. The van der Waals surface area contributed by atoms with E-state index >= 15 is 0 Å². The van der Waals surface area contributed by atoms with E-state index in [1.807, 2.05) is 13.1 Å². The number of aryl methyl sites for hydroxylation is 1. The molecule has 0 saturated heterocycles. The molecule has 0 saturated carbocycles. The Balaban J connectivity index is 2.02. The van der Waals surface area contributed by atoms with E-state index in [1.165, 1.54) is 0 Å². The molecule has 0 unspecified atom stereocenters. The van der Waals surface area contributed by atoms with Gasteiger partial charge >= 0.3 is 0 Å². The number of rotatable bonds is 6. The molecular weight excluding hydrogens is 276 g/mol. The highest BCUT2D eigenvalue weighted by molar-refractivity contribution is 7.89. The number of nitrogens with two attached hydrogens (primary N) is 1. The highest BCUT2D eigenvalue weighted by Gasteiger charge is 2.13. The fourth-order valence-corrected chi connectivity index (χ4v) is 2.98. The third-order valence-electron chi connectivity index (χ3n) is 3.04. The topological polar surface area (TPSA) is 90.0 Å². The summed E-state index contributed by atoms with van der Waals surface area (Å²) in [7, 11) is -1.67. The normalized spacial score (nSPS) is 11.7. The fourth-order valence-electron chi connectivity index (χ4n) is 1.88. The predicted octanol–water partition coefficient (Wildman–Crippen LogP) is 0.400. The van der Waals surface area contributed by atoms with Crippen molar-refractivity contribution in [3.05, 3.63) is 47.8 Å². The zero-order valence-electron chi connectivity index (χ0n) is 11.3. The summed E-state index contributed by atoms with van der Waals surface area (Å²) in [6, 6.07) is 8.51. The van der Waals surface area contributed by atoms with Crippen molar-refractivity contribution in [2.75, 3.05) is 6.54 Å². The zero-order valence-corrected chi connectivity index (χ0v) is 12.1. The molecule has 3 N–H and O–H groups in total. The summed E-state index contributed by atoms with van der Waals surface area (Å²) >= 11 is 0. The summed E-state index contributed by atoms with van der Waals surface area (Å²) in [4.78, 5) is 0.241. The summed E-state index contributed by atoms with van der Waals surface area (Å²) in [5.74, 6) is 0. The molecule has 0 fully saturated rings. The van der Waals surface area contributed by atoms with E-state index in [-0.39, 0.29) is 4.90 Å². The molecule has 1 aromatic carbocycles. The maximum atomic E-state index is 12.1. The van der Waals surface area contributed by atoms with E-state index in [0.717, 1.165) is 11.3 Å². The van der Waals surface area contributed by atoms with Gasteiger partial charge in [-0.3, -0.25) is 4.68 Å². The monoisotopic (exact) mass is 294 g/mol. The highest BCUT2D eigenvalue weighted by Crippen LogP contribution is 2.11. The molecule has 2 aromatic rings. The smallest absolute Gasteiger partial charge is 0.240 e. The van der Waals surface area contributed by atoms with E-state index in [0.29, 0.717) is 19.5 Å². The largest absolute Gasteiger partial charge is 0.326 e. The molecular formula is C13H18N4O2S. The molecule has 0 spiro atoms. The summed E-state index contributed by atoms with van der Waals surface area (Å²) in [5.41, 5.74) is 7.28. The molecule has 108 valence electrons. The van der Waals surface area contributed by atoms with Crippen LogP contribution in [-0.4, -0.2) is 24.7 Å².